The topological polar surface area (TPSA) is 30.5 Å². The number of hydrogen-bond acceptors (Lipinski definition) is 3. The SMILES string of the molecule is CCOC(CCNCc1cccc2ccccc12)OCC. The minimum Gasteiger partial charge on any atom is -0.353 e. The summed E-state index contributed by atoms with van der Waals surface area (Å²) in [5, 5.41) is 6.09. The van der Waals surface area contributed by atoms with Gasteiger partial charge in [-0.15, -0.1) is 0 Å². The Hall–Kier alpha value is -1.42. The molecule has 2 aromatic rings. The van der Waals surface area contributed by atoms with Gasteiger partial charge in [-0.05, 0) is 30.2 Å². The van der Waals surface area contributed by atoms with Gasteiger partial charge in [-0.2, -0.15) is 0 Å². The first-order chi connectivity index (χ1) is 10.3. The molecule has 21 heavy (non-hydrogen) atoms. The van der Waals surface area contributed by atoms with Crippen molar-refractivity contribution in [2.45, 2.75) is 33.1 Å². The summed E-state index contributed by atoms with van der Waals surface area (Å²) in [7, 11) is 0. The van der Waals surface area contributed by atoms with E-state index in [0.29, 0.717) is 13.2 Å². The van der Waals surface area contributed by atoms with Gasteiger partial charge in [0.15, 0.2) is 6.29 Å². The molecule has 0 aliphatic rings. The molecule has 0 heterocycles. The zero-order chi connectivity index (χ0) is 14.9. The molecule has 1 N–H and O–H groups in total. The van der Waals surface area contributed by atoms with Gasteiger partial charge in [0.1, 0.15) is 0 Å². The summed E-state index contributed by atoms with van der Waals surface area (Å²) in [6, 6.07) is 14.9. The minimum atomic E-state index is -0.0972. The van der Waals surface area contributed by atoms with Crippen LogP contribution in [-0.2, 0) is 16.0 Å². The van der Waals surface area contributed by atoms with Crippen LogP contribution in [0.1, 0.15) is 25.8 Å². The second-order valence-electron chi connectivity index (χ2n) is 4.94. The summed E-state index contributed by atoms with van der Waals surface area (Å²) in [6.45, 7) is 7.12. The predicted octanol–water partition coefficient (Wildman–Crippen LogP) is 3.72. The molecule has 2 rings (SSSR count). The molecule has 0 radical (unpaired) electrons. The van der Waals surface area contributed by atoms with Crippen LogP contribution >= 0.6 is 0 Å². The first-order valence-corrected chi connectivity index (χ1v) is 7.75. The number of benzene rings is 2. The molecule has 0 amide bonds. The fraction of sp³-hybridized carbons (Fsp3) is 0.444. The van der Waals surface area contributed by atoms with Gasteiger partial charge in [-0.3, -0.25) is 0 Å². The van der Waals surface area contributed by atoms with E-state index in [1.807, 2.05) is 13.8 Å². The molecule has 0 fully saturated rings. The summed E-state index contributed by atoms with van der Waals surface area (Å²) in [5.74, 6) is 0. The van der Waals surface area contributed by atoms with Crippen molar-refractivity contribution >= 4 is 10.8 Å². The van der Waals surface area contributed by atoms with Crippen LogP contribution in [0.4, 0.5) is 0 Å². The lowest BCUT2D eigenvalue weighted by Crippen LogP contribution is -2.24. The Labute approximate surface area is 127 Å². The van der Waals surface area contributed by atoms with Gasteiger partial charge in [0.2, 0.25) is 0 Å². The van der Waals surface area contributed by atoms with Crippen LogP contribution < -0.4 is 5.32 Å². The quantitative estimate of drug-likeness (QED) is 0.563. The molecule has 3 nitrogen and oxygen atoms in total. The molecule has 0 saturated heterocycles. The number of ether oxygens (including phenoxy) is 2. The van der Waals surface area contributed by atoms with Crippen LogP contribution in [0, 0.1) is 0 Å². The number of rotatable bonds is 9. The van der Waals surface area contributed by atoms with Crippen LogP contribution in [0.25, 0.3) is 10.8 Å². The van der Waals surface area contributed by atoms with E-state index in [1.54, 1.807) is 0 Å². The maximum atomic E-state index is 5.54. The van der Waals surface area contributed by atoms with Crippen molar-refractivity contribution in [3.8, 4) is 0 Å². The normalized spacial score (nSPS) is 11.4. The Bertz CT molecular complexity index is 530. The maximum absolute atomic E-state index is 5.54. The maximum Gasteiger partial charge on any atom is 0.158 e. The molecule has 3 heteroatoms. The second kappa shape index (κ2) is 8.78. The third-order valence-electron chi connectivity index (χ3n) is 3.46. The molecule has 0 bridgehead atoms. The van der Waals surface area contributed by atoms with Crippen molar-refractivity contribution in [1.29, 1.82) is 0 Å². The highest BCUT2D eigenvalue weighted by molar-refractivity contribution is 5.85. The number of hydrogen-bond donors (Lipinski definition) is 1. The van der Waals surface area contributed by atoms with Crippen molar-refractivity contribution in [1.82, 2.24) is 5.32 Å². The lowest BCUT2D eigenvalue weighted by molar-refractivity contribution is -0.138. The van der Waals surface area contributed by atoms with E-state index in [4.69, 9.17) is 9.47 Å². The van der Waals surface area contributed by atoms with Gasteiger partial charge in [-0.1, -0.05) is 42.5 Å². The van der Waals surface area contributed by atoms with E-state index in [-0.39, 0.29) is 6.29 Å². The van der Waals surface area contributed by atoms with Gasteiger partial charge < -0.3 is 14.8 Å². The van der Waals surface area contributed by atoms with Gasteiger partial charge in [0.05, 0.1) is 0 Å². The Balaban J connectivity index is 1.85. The van der Waals surface area contributed by atoms with E-state index < -0.39 is 0 Å². The molecular formula is C18H25NO2. The Kier molecular flexibility index (Phi) is 6.67. The van der Waals surface area contributed by atoms with Crippen molar-refractivity contribution in [3.05, 3.63) is 48.0 Å². The fourth-order valence-corrected chi connectivity index (χ4v) is 2.48. The lowest BCUT2D eigenvalue weighted by atomic mass is 10.0. The summed E-state index contributed by atoms with van der Waals surface area (Å²) < 4.78 is 11.1. The average Bonchev–Trinajstić information content (AvgIpc) is 2.52. The van der Waals surface area contributed by atoms with Gasteiger partial charge in [0, 0.05) is 32.7 Å². The van der Waals surface area contributed by atoms with E-state index in [2.05, 4.69) is 47.8 Å². The van der Waals surface area contributed by atoms with Crippen molar-refractivity contribution in [2.75, 3.05) is 19.8 Å². The van der Waals surface area contributed by atoms with Gasteiger partial charge in [-0.25, -0.2) is 0 Å². The molecular weight excluding hydrogens is 262 g/mol. The Morgan fingerprint density at radius 1 is 0.952 bits per heavy atom. The highest BCUT2D eigenvalue weighted by atomic mass is 16.7. The Morgan fingerprint density at radius 2 is 1.67 bits per heavy atom. The monoisotopic (exact) mass is 287 g/mol. The van der Waals surface area contributed by atoms with E-state index >= 15 is 0 Å². The van der Waals surface area contributed by atoms with Crippen LogP contribution in [0.5, 0.6) is 0 Å². The first-order valence-electron chi connectivity index (χ1n) is 7.75. The summed E-state index contributed by atoms with van der Waals surface area (Å²) >= 11 is 0. The molecule has 0 atom stereocenters. The van der Waals surface area contributed by atoms with Crippen LogP contribution in [0.2, 0.25) is 0 Å². The molecule has 0 spiro atoms. The fourth-order valence-electron chi connectivity index (χ4n) is 2.48. The molecule has 114 valence electrons. The van der Waals surface area contributed by atoms with Crippen LogP contribution in [0.3, 0.4) is 0 Å². The highest BCUT2D eigenvalue weighted by Crippen LogP contribution is 2.18. The van der Waals surface area contributed by atoms with Crippen molar-refractivity contribution < 1.29 is 9.47 Å². The standard InChI is InChI=1S/C18H25NO2/c1-3-20-18(21-4-2)12-13-19-14-16-10-7-9-15-8-5-6-11-17(15)16/h5-11,18-19H,3-4,12-14H2,1-2H3. The summed E-state index contributed by atoms with van der Waals surface area (Å²) in [5.41, 5.74) is 1.33. The third kappa shape index (κ3) is 4.81. The zero-order valence-electron chi connectivity index (χ0n) is 13.0. The average molecular weight is 287 g/mol. The molecule has 0 aliphatic carbocycles. The van der Waals surface area contributed by atoms with Crippen LogP contribution in [0.15, 0.2) is 42.5 Å². The zero-order valence-corrected chi connectivity index (χ0v) is 13.0. The largest absolute Gasteiger partial charge is 0.353 e. The third-order valence-corrected chi connectivity index (χ3v) is 3.46. The first kappa shape index (κ1) is 16.0. The smallest absolute Gasteiger partial charge is 0.158 e. The van der Waals surface area contributed by atoms with Gasteiger partial charge >= 0.3 is 0 Å². The molecule has 0 aliphatic heterocycles. The van der Waals surface area contributed by atoms with Gasteiger partial charge in [0.25, 0.3) is 0 Å². The Morgan fingerprint density at radius 3 is 2.43 bits per heavy atom. The van der Waals surface area contributed by atoms with Crippen molar-refractivity contribution in [2.24, 2.45) is 0 Å². The summed E-state index contributed by atoms with van der Waals surface area (Å²) in [6.07, 6.45) is 0.770. The molecule has 0 saturated carbocycles. The highest BCUT2D eigenvalue weighted by Gasteiger charge is 2.07. The van der Waals surface area contributed by atoms with E-state index in [0.717, 1.165) is 19.5 Å². The van der Waals surface area contributed by atoms with E-state index in [1.165, 1.54) is 16.3 Å². The lowest BCUT2D eigenvalue weighted by Gasteiger charge is -2.17. The molecule has 0 aromatic heterocycles. The second-order valence-corrected chi connectivity index (χ2v) is 4.94. The summed E-state index contributed by atoms with van der Waals surface area (Å²) in [4.78, 5) is 0. The minimum absolute atomic E-state index is 0.0972. The van der Waals surface area contributed by atoms with Crippen molar-refractivity contribution in [3.63, 3.8) is 0 Å². The molecule has 2 aromatic carbocycles. The predicted molar refractivity (Wildman–Crippen MR) is 87.3 cm³/mol. The van der Waals surface area contributed by atoms with Crippen LogP contribution in [-0.4, -0.2) is 26.0 Å². The van der Waals surface area contributed by atoms with E-state index in [9.17, 15) is 0 Å². The molecule has 0 unspecified atom stereocenters. The number of nitrogens with one attached hydrogen (secondary N) is 1. The number of fused-ring (bicyclic) bond motifs is 1.